The van der Waals surface area contributed by atoms with E-state index in [0.717, 1.165) is 5.69 Å². The number of benzene rings is 1. The van der Waals surface area contributed by atoms with Gasteiger partial charge in [0.05, 0.1) is 0 Å². The Kier molecular flexibility index (Phi) is 1.36. The van der Waals surface area contributed by atoms with E-state index in [0.29, 0.717) is 0 Å². The Bertz CT molecular complexity index is 389. The molecule has 0 saturated heterocycles. The van der Waals surface area contributed by atoms with Gasteiger partial charge in [-0.15, -0.1) is 11.3 Å². The van der Waals surface area contributed by atoms with Crippen LogP contribution in [0, 0.1) is 6.92 Å². The number of aryl methyl sites for hydroxylation is 1. The lowest BCUT2D eigenvalue weighted by Crippen LogP contribution is -1.81. The van der Waals surface area contributed by atoms with Gasteiger partial charge in [-0.25, -0.2) is 0 Å². The second-order valence-corrected chi connectivity index (χ2v) is 3.59. The number of rotatable bonds is 0. The number of nitrogens with two attached hydrogens (primary N) is 1. The number of anilines is 1. The van der Waals surface area contributed by atoms with Gasteiger partial charge in [-0.2, -0.15) is 0 Å². The Morgan fingerprint density at radius 2 is 2.18 bits per heavy atom. The Morgan fingerprint density at radius 3 is 3.00 bits per heavy atom. The van der Waals surface area contributed by atoms with Gasteiger partial charge in [0, 0.05) is 10.4 Å². The van der Waals surface area contributed by atoms with Crippen LogP contribution in [0.25, 0.3) is 10.1 Å². The minimum absolute atomic E-state index is 0.847. The summed E-state index contributed by atoms with van der Waals surface area (Å²) in [5.74, 6) is 0. The summed E-state index contributed by atoms with van der Waals surface area (Å²) in [5.41, 5.74) is 7.82. The van der Waals surface area contributed by atoms with E-state index >= 15 is 0 Å². The third-order valence-corrected chi connectivity index (χ3v) is 2.86. The van der Waals surface area contributed by atoms with Crippen LogP contribution in [0.2, 0.25) is 0 Å². The highest BCUT2D eigenvalue weighted by Gasteiger charge is 1.98. The molecular formula is C9H9NS. The third kappa shape index (κ3) is 0.994. The third-order valence-electron chi connectivity index (χ3n) is 1.79. The van der Waals surface area contributed by atoms with E-state index in [1.54, 1.807) is 11.3 Å². The van der Waals surface area contributed by atoms with Crippen molar-refractivity contribution in [1.29, 1.82) is 0 Å². The van der Waals surface area contributed by atoms with Crippen molar-refractivity contribution in [2.75, 3.05) is 5.73 Å². The lowest BCUT2D eigenvalue weighted by molar-refractivity contribution is 1.60. The zero-order valence-electron chi connectivity index (χ0n) is 6.29. The molecule has 0 unspecified atom stereocenters. The summed E-state index contributed by atoms with van der Waals surface area (Å²) in [4.78, 5) is 0. The molecule has 0 bridgehead atoms. The monoisotopic (exact) mass is 163 g/mol. The van der Waals surface area contributed by atoms with Gasteiger partial charge in [-0.1, -0.05) is 6.07 Å². The van der Waals surface area contributed by atoms with Crippen LogP contribution in [0.5, 0.6) is 0 Å². The molecule has 1 aromatic heterocycles. The summed E-state index contributed by atoms with van der Waals surface area (Å²) < 4.78 is 1.28. The average molecular weight is 163 g/mol. The quantitative estimate of drug-likeness (QED) is 0.594. The first-order chi connectivity index (χ1) is 5.27. The number of nitrogen functional groups attached to an aromatic ring is 1. The summed E-state index contributed by atoms with van der Waals surface area (Å²) in [5, 5.41) is 3.48. The van der Waals surface area contributed by atoms with Crippen LogP contribution in [0.3, 0.4) is 0 Å². The maximum absolute atomic E-state index is 5.64. The first-order valence-corrected chi connectivity index (χ1v) is 4.38. The molecule has 56 valence electrons. The van der Waals surface area contributed by atoms with Crippen LogP contribution in [-0.4, -0.2) is 0 Å². The molecule has 11 heavy (non-hydrogen) atoms. The van der Waals surface area contributed by atoms with Crippen molar-refractivity contribution in [1.82, 2.24) is 0 Å². The highest BCUT2D eigenvalue weighted by Crippen LogP contribution is 2.26. The predicted molar refractivity (Wildman–Crippen MR) is 51.0 cm³/mol. The molecule has 0 atom stereocenters. The van der Waals surface area contributed by atoms with Crippen molar-refractivity contribution in [3.05, 3.63) is 29.1 Å². The summed E-state index contributed by atoms with van der Waals surface area (Å²) in [6.07, 6.45) is 0. The Morgan fingerprint density at radius 1 is 1.36 bits per heavy atom. The van der Waals surface area contributed by atoms with Gasteiger partial charge in [0.1, 0.15) is 0 Å². The zero-order valence-corrected chi connectivity index (χ0v) is 7.11. The van der Waals surface area contributed by atoms with Crippen molar-refractivity contribution in [2.24, 2.45) is 0 Å². The van der Waals surface area contributed by atoms with E-state index in [1.807, 2.05) is 12.1 Å². The van der Waals surface area contributed by atoms with E-state index < -0.39 is 0 Å². The molecule has 2 rings (SSSR count). The summed E-state index contributed by atoms with van der Waals surface area (Å²) in [6, 6.07) is 6.05. The van der Waals surface area contributed by atoms with Crippen molar-refractivity contribution >= 4 is 27.1 Å². The summed E-state index contributed by atoms with van der Waals surface area (Å²) in [7, 11) is 0. The lowest BCUT2D eigenvalue weighted by Gasteiger charge is -1.92. The van der Waals surface area contributed by atoms with Gasteiger partial charge < -0.3 is 5.73 Å². The Balaban J connectivity index is 2.86. The van der Waals surface area contributed by atoms with Crippen molar-refractivity contribution < 1.29 is 0 Å². The van der Waals surface area contributed by atoms with Crippen LogP contribution in [-0.2, 0) is 0 Å². The smallest absolute Gasteiger partial charge is 0.0365 e. The predicted octanol–water partition coefficient (Wildman–Crippen LogP) is 2.79. The van der Waals surface area contributed by atoms with Gasteiger partial charge in [-0.3, -0.25) is 0 Å². The molecule has 1 heterocycles. The Labute approximate surface area is 69.5 Å². The lowest BCUT2D eigenvalue weighted by atomic mass is 10.2. The Hall–Kier alpha value is -1.02. The molecule has 0 aliphatic rings. The van der Waals surface area contributed by atoms with Crippen molar-refractivity contribution in [2.45, 2.75) is 6.92 Å². The maximum Gasteiger partial charge on any atom is 0.0365 e. The zero-order chi connectivity index (χ0) is 7.84. The van der Waals surface area contributed by atoms with E-state index in [2.05, 4.69) is 18.4 Å². The molecule has 0 amide bonds. The highest BCUT2D eigenvalue weighted by molar-refractivity contribution is 7.17. The van der Waals surface area contributed by atoms with Crippen LogP contribution in [0.4, 0.5) is 5.69 Å². The topological polar surface area (TPSA) is 26.0 Å². The van der Waals surface area contributed by atoms with Gasteiger partial charge >= 0.3 is 0 Å². The minimum atomic E-state index is 0.847. The molecule has 0 fully saturated rings. The van der Waals surface area contributed by atoms with Gasteiger partial charge in [0.15, 0.2) is 0 Å². The molecule has 2 heteroatoms. The fourth-order valence-corrected chi connectivity index (χ4v) is 2.17. The van der Waals surface area contributed by atoms with Gasteiger partial charge in [0.25, 0.3) is 0 Å². The van der Waals surface area contributed by atoms with E-state index in [-0.39, 0.29) is 0 Å². The fourth-order valence-electron chi connectivity index (χ4n) is 1.18. The van der Waals surface area contributed by atoms with E-state index in [4.69, 9.17) is 5.73 Å². The normalized spacial score (nSPS) is 10.6. The second kappa shape index (κ2) is 2.24. The maximum atomic E-state index is 5.64. The van der Waals surface area contributed by atoms with Crippen molar-refractivity contribution in [3.8, 4) is 0 Å². The average Bonchev–Trinajstić information content (AvgIpc) is 2.32. The van der Waals surface area contributed by atoms with Gasteiger partial charge in [0.2, 0.25) is 0 Å². The van der Waals surface area contributed by atoms with E-state index in [1.165, 1.54) is 15.6 Å². The molecule has 0 radical (unpaired) electrons. The molecule has 2 aromatic rings. The molecular weight excluding hydrogens is 154 g/mol. The molecule has 1 nitrogen and oxygen atoms in total. The largest absolute Gasteiger partial charge is 0.399 e. The fraction of sp³-hybridized carbons (Fsp3) is 0.111. The molecule has 1 aromatic carbocycles. The molecule has 2 N–H and O–H groups in total. The molecule has 0 aliphatic heterocycles. The van der Waals surface area contributed by atoms with Crippen LogP contribution < -0.4 is 5.73 Å². The van der Waals surface area contributed by atoms with Gasteiger partial charge in [-0.05, 0) is 35.4 Å². The van der Waals surface area contributed by atoms with Crippen LogP contribution in [0.15, 0.2) is 23.6 Å². The first-order valence-electron chi connectivity index (χ1n) is 3.51. The number of hydrogen-bond donors (Lipinski definition) is 1. The first kappa shape index (κ1) is 6.68. The molecule has 0 aliphatic carbocycles. The van der Waals surface area contributed by atoms with E-state index in [9.17, 15) is 0 Å². The summed E-state index contributed by atoms with van der Waals surface area (Å²) >= 11 is 1.75. The molecule has 0 saturated carbocycles. The molecule has 0 spiro atoms. The number of fused-ring (bicyclic) bond motifs is 1. The van der Waals surface area contributed by atoms with Crippen LogP contribution >= 0.6 is 11.3 Å². The highest BCUT2D eigenvalue weighted by atomic mass is 32.1. The standard InChI is InChI=1S/C9H9NS/c1-6-5-11-9-4-7(10)2-3-8(6)9/h2-5H,10H2,1H3. The SMILES string of the molecule is Cc1csc2cc(N)ccc12. The van der Waals surface area contributed by atoms with Crippen LogP contribution in [0.1, 0.15) is 5.56 Å². The second-order valence-electron chi connectivity index (χ2n) is 2.67. The number of hydrogen-bond acceptors (Lipinski definition) is 2. The van der Waals surface area contributed by atoms with Crippen molar-refractivity contribution in [3.63, 3.8) is 0 Å². The number of thiophene rings is 1. The summed E-state index contributed by atoms with van der Waals surface area (Å²) in [6.45, 7) is 2.12. The minimum Gasteiger partial charge on any atom is -0.399 e.